The largest absolute Gasteiger partial charge is 0.338 e. The summed E-state index contributed by atoms with van der Waals surface area (Å²) >= 11 is 1.32. The zero-order chi connectivity index (χ0) is 20.4. The summed E-state index contributed by atoms with van der Waals surface area (Å²) in [6.07, 6.45) is 1.73. The van der Waals surface area contributed by atoms with Gasteiger partial charge in [-0.15, -0.1) is 0 Å². The van der Waals surface area contributed by atoms with E-state index in [9.17, 15) is 9.18 Å². The number of hydrogen-bond donors (Lipinski definition) is 0. The first-order valence-electron chi connectivity index (χ1n) is 8.93. The van der Waals surface area contributed by atoms with E-state index < -0.39 is 0 Å². The van der Waals surface area contributed by atoms with E-state index in [-0.39, 0.29) is 17.0 Å². The Hall–Kier alpha value is -3.26. The molecular formula is C21H17FN4O2S. The van der Waals surface area contributed by atoms with E-state index in [4.69, 9.17) is 4.52 Å². The Morgan fingerprint density at radius 3 is 2.52 bits per heavy atom. The summed E-state index contributed by atoms with van der Waals surface area (Å²) in [5, 5.41) is 4.06. The molecule has 1 atom stereocenters. The SMILES string of the molecule is Cc1noc(C(C)SC2=NC(=Cc3ccccc3)C(=O)N2c2ccc(F)cc2)n1. The van der Waals surface area contributed by atoms with E-state index in [0.717, 1.165) is 5.56 Å². The van der Waals surface area contributed by atoms with Crippen molar-refractivity contribution in [1.29, 1.82) is 0 Å². The first-order valence-corrected chi connectivity index (χ1v) is 9.81. The Morgan fingerprint density at radius 2 is 1.86 bits per heavy atom. The second-order valence-corrected chi connectivity index (χ2v) is 7.70. The highest BCUT2D eigenvalue weighted by molar-refractivity contribution is 8.14. The first-order chi connectivity index (χ1) is 14.0. The van der Waals surface area contributed by atoms with Gasteiger partial charge in [0.1, 0.15) is 11.5 Å². The van der Waals surface area contributed by atoms with Crippen LogP contribution in [0.5, 0.6) is 0 Å². The van der Waals surface area contributed by atoms with Crippen LogP contribution in [0.2, 0.25) is 0 Å². The molecule has 4 rings (SSSR count). The number of carbonyl (C=O) groups excluding carboxylic acids is 1. The highest BCUT2D eigenvalue weighted by atomic mass is 32.2. The Kier molecular flexibility index (Phi) is 5.26. The van der Waals surface area contributed by atoms with Crippen LogP contribution in [0.3, 0.4) is 0 Å². The number of rotatable bonds is 4. The number of anilines is 1. The zero-order valence-electron chi connectivity index (χ0n) is 15.7. The van der Waals surface area contributed by atoms with Crippen molar-refractivity contribution in [1.82, 2.24) is 10.1 Å². The summed E-state index contributed by atoms with van der Waals surface area (Å²) in [4.78, 5) is 23.4. The molecule has 29 heavy (non-hydrogen) atoms. The molecule has 0 N–H and O–H groups in total. The van der Waals surface area contributed by atoms with Crippen molar-refractivity contribution in [3.8, 4) is 0 Å². The highest BCUT2D eigenvalue weighted by Crippen LogP contribution is 2.36. The van der Waals surface area contributed by atoms with Crippen molar-refractivity contribution < 1.29 is 13.7 Å². The molecule has 1 unspecified atom stereocenters. The van der Waals surface area contributed by atoms with E-state index in [1.165, 1.54) is 28.8 Å². The van der Waals surface area contributed by atoms with Gasteiger partial charge in [-0.25, -0.2) is 9.38 Å². The van der Waals surface area contributed by atoms with Crippen LogP contribution >= 0.6 is 11.8 Å². The maximum absolute atomic E-state index is 13.4. The number of aliphatic imine (C=N–C) groups is 1. The standard InChI is InChI=1S/C21H17FN4O2S/c1-13(19-23-14(2)25-28-19)29-21-24-18(12-15-6-4-3-5-7-15)20(27)26(21)17-10-8-16(22)9-11-17/h3-13H,1-2H3. The van der Waals surface area contributed by atoms with Gasteiger partial charge < -0.3 is 4.52 Å². The van der Waals surface area contributed by atoms with Gasteiger partial charge in [-0.05, 0) is 49.8 Å². The lowest BCUT2D eigenvalue weighted by Gasteiger charge is -2.19. The average molecular weight is 408 g/mol. The van der Waals surface area contributed by atoms with E-state index >= 15 is 0 Å². The summed E-state index contributed by atoms with van der Waals surface area (Å²) in [7, 11) is 0. The Labute approximate surface area is 171 Å². The Balaban J connectivity index is 1.70. The molecule has 6 nitrogen and oxygen atoms in total. The van der Waals surface area contributed by atoms with E-state index in [0.29, 0.717) is 28.3 Å². The first kappa shape index (κ1) is 19.1. The van der Waals surface area contributed by atoms with Crippen LogP contribution in [0.25, 0.3) is 6.08 Å². The molecule has 1 aromatic heterocycles. The molecule has 1 aliphatic rings. The maximum atomic E-state index is 13.4. The number of aryl methyl sites for hydroxylation is 1. The number of aromatic nitrogens is 2. The molecule has 0 radical (unpaired) electrons. The number of nitrogens with zero attached hydrogens (tertiary/aromatic N) is 4. The van der Waals surface area contributed by atoms with Gasteiger partial charge in [0.25, 0.3) is 5.91 Å². The zero-order valence-corrected chi connectivity index (χ0v) is 16.6. The molecule has 0 bridgehead atoms. The van der Waals surface area contributed by atoms with Gasteiger partial charge in [-0.1, -0.05) is 47.3 Å². The molecule has 0 aliphatic carbocycles. The molecular weight excluding hydrogens is 391 g/mol. The quantitative estimate of drug-likeness (QED) is 0.582. The van der Waals surface area contributed by atoms with Gasteiger partial charge in [0.15, 0.2) is 11.0 Å². The fourth-order valence-corrected chi connectivity index (χ4v) is 3.74. The number of thioether (sulfide) groups is 1. The Morgan fingerprint density at radius 1 is 1.14 bits per heavy atom. The summed E-state index contributed by atoms with van der Waals surface area (Å²) in [5.41, 5.74) is 1.70. The topological polar surface area (TPSA) is 71.6 Å². The molecule has 1 amide bonds. The molecule has 0 spiro atoms. The van der Waals surface area contributed by atoms with E-state index in [2.05, 4.69) is 15.1 Å². The second kappa shape index (κ2) is 8.00. The van der Waals surface area contributed by atoms with Gasteiger partial charge in [-0.3, -0.25) is 9.69 Å². The van der Waals surface area contributed by atoms with Crippen molar-refractivity contribution >= 4 is 34.6 Å². The lowest BCUT2D eigenvalue weighted by atomic mass is 10.2. The fraction of sp³-hybridized carbons (Fsp3) is 0.143. The van der Waals surface area contributed by atoms with E-state index in [1.807, 2.05) is 37.3 Å². The number of hydrogen-bond acceptors (Lipinski definition) is 6. The van der Waals surface area contributed by atoms with Crippen LogP contribution in [0.4, 0.5) is 10.1 Å². The normalized spacial score (nSPS) is 16.4. The lowest BCUT2D eigenvalue weighted by molar-refractivity contribution is -0.113. The number of halogens is 1. The van der Waals surface area contributed by atoms with Crippen LogP contribution in [0.15, 0.2) is 69.8 Å². The smallest absolute Gasteiger partial charge is 0.283 e. The number of amidine groups is 1. The van der Waals surface area contributed by atoms with Crippen molar-refractivity contribution in [3.63, 3.8) is 0 Å². The van der Waals surface area contributed by atoms with Gasteiger partial charge in [0.2, 0.25) is 5.89 Å². The minimum atomic E-state index is -0.374. The van der Waals surface area contributed by atoms with Crippen molar-refractivity contribution in [2.75, 3.05) is 4.90 Å². The molecule has 8 heteroatoms. The summed E-state index contributed by atoms with van der Waals surface area (Å²) in [6.45, 7) is 3.64. The fourth-order valence-electron chi connectivity index (χ4n) is 2.79. The molecule has 146 valence electrons. The molecule has 2 heterocycles. The highest BCUT2D eigenvalue weighted by Gasteiger charge is 2.34. The van der Waals surface area contributed by atoms with Crippen molar-refractivity contribution in [2.45, 2.75) is 19.1 Å². The number of amides is 1. The Bertz CT molecular complexity index is 1090. The third-order valence-corrected chi connectivity index (χ3v) is 5.23. The van der Waals surface area contributed by atoms with Crippen LogP contribution in [0.1, 0.15) is 29.5 Å². The van der Waals surface area contributed by atoms with Crippen LogP contribution < -0.4 is 4.90 Å². The predicted octanol–water partition coefficient (Wildman–Crippen LogP) is 4.76. The minimum absolute atomic E-state index is 0.221. The maximum Gasteiger partial charge on any atom is 0.283 e. The van der Waals surface area contributed by atoms with E-state index in [1.54, 1.807) is 25.1 Å². The molecule has 1 aliphatic heterocycles. The summed E-state index contributed by atoms with van der Waals surface area (Å²) < 4.78 is 18.6. The lowest BCUT2D eigenvalue weighted by Crippen LogP contribution is -2.30. The van der Waals surface area contributed by atoms with Crippen molar-refractivity contribution in [2.24, 2.45) is 4.99 Å². The molecule has 0 saturated heterocycles. The molecule has 0 fully saturated rings. The second-order valence-electron chi connectivity index (χ2n) is 6.39. The molecule has 2 aromatic carbocycles. The van der Waals surface area contributed by atoms with Gasteiger partial charge >= 0.3 is 0 Å². The molecule has 3 aromatic rings. The third kappa shape index (κ3) is 4.12. The average Bonchev–Trinajstić information content (AvgIpc) is 3.27. The molecule has 0 saturated carbocycles. The summed E-state index contributed by atoms with van der Waals surface area (Å²) in [5.74, 6) is 0.331. The van der Waals surface area contributed by atoms with Crippen LogP contribution in [-0.2, 0) is 4.79 Å². The predicted molar refractivity (Wildman–Crippen MR) is 111 cm³/mol. The van der Waals surface area contributed by atoms with Gasteiger partial charge in [-0.2, -0.15) is 4.98 Å². The van der Waals surface area contributed by atoms with Gasteiger partial charge in [0.05, 0.1) is 10.9 Å². The van der Waals surface area contributed by atoms with Gasteiger partial charge in [0, 0.05) is 0 Å². The monoisotopic (exact) mass is 408 g/mol. The number of carbonyl (C=O) groups is 1. The van der Waals surface area contributed by atoms with Crippen LogP contribution in [0, 0.1) is 12.7 Å². The third-order valence-electron chi connectivity index (χ3n) is 4.19. The van der Waals surface area contributed by atoms with Crippen molar-refractivity contribution in [3.05, 3.63) is 83.4 Å². The minimum Gasteiger partial charge on any atom is -0.338 e. The summed E-state index contributed by atoms with van der Waals surface area (Å²) in [6, 6.07) is 15.2. The van der Waals surface area contributed by atoms with Crippen LogP contribution in [-0.4, -0.2) is 21.2 Å². The number of benzene rings is 2.